The highest BCUT2D eigenvalue weighted by Crippen LogP contribution is 2.18. The van der Waals surface area contributed by atoms with Crippen LogP contribution < -0.4 is 10.1 Å². The van der Waals surface area contributed by atoms with E-state index in [1.807, 2.05) is 36.4 Å². The Labute approximate surface area is 137 Å². The first-order valence-electron chi connectivity index (χ1n) is 6.20. The molecule has 0 saturated carbocycles. The summed E-state index contributed by atoms with van der Waals surface area (Å²) in [6.07, 6.45) is -0.593. The predicted octanol–water partition coefficient (Wildman–Crippen LogP) is 3.80. The number of para-hydroxylation sites is 1. The Bertz CT molecular complexity index is 565. The molecule has 1 atom stereocenters. The van der Waals surface area contributed by atoms with Crippen molar-refractivity contribution < 1.29 is 9.84 Å². The molecule has 20 heavy (non-hydrogen) atoms. The monoisotopic (exact) mass is 403 g/mol. The molecule has 106 valence electrons. The molecule has 0 fully saturated rings. The molecule has 0 saturated heterocycles. The highest BCUT2D eigenvalue weighted by atomic mass is 127. The molecule has 3 nitrogen and oxygen atoms in total. The number of hydrogen-bond donors (Lipinski definition) is 2. The van der Waals surface area contributed by atoms with Gasteiger partial charge < -0.3 is 15.2 Å². The third kappa shape index (κ3) is 4.85. The van der Waals surface area contributed by atoms with E-state index in [1.54, 1.807) is 12.1 Å². The molecule has 5 heteroatoms. The fourth-order valence-electron chi connectivity index (χ4n) is 1.64. The smallest absolute Gasteiger partial charge is 0.120 e. The minimum Gasteiger partial charge on any atom is -0.491 e. The first-order valence-corrected chi connectivity index (χ1v) is 7.65. The van der Waals surface area contributed by atoms with Crippen molar-refractivity contribution in [1.29, 1.82) is 0 Å². The number of nitrogens with one attached hydrogen (secondary N) is 1. The Morgan fingerprint density at radius 2 is 2.00 bits per heavy atom. The van der Waals surface area contributed by atoms with E-state index in [0.717, 1.165) is 9.26 Å². The maximum atomic E-state index is 9.91. The summed E-state index contributed by atoms with van der Waals surface area (Å²) in [6, 6.07) is 15.1. The zero-order valence-corrected chi connectivity index (χ0v) is 13.6. The fraction of sp³-hybridized carbons (Fsp3) is 0.200. The highest BCUT2D eigenvalue weighted by Gasteiger charge is 2.06. The van der Waals surface area contributed by atoms with Gasteiger partial charge in [0.15, 0.2) is 0 Å². The SMILES string of the molecule is OC(CNc1ccccc1I)COc1cccc(Cl)c1. The van der Waals surface area contributed by atoms with Crippen molar-refractivity contribution in [1.82, 2.24) is 0 Å². The largest absolute Gasteiger partial charge is 0.491 e. The maximum absolute atomic E-state index is 9.91. The molecule has 0 aliphatic heterocycles. The minimum atomic E-state index is -0.593. The number of anilines is 1. The summed E-state index contributed by atoms with van der Waals surface area (Å²) in [5.41, 5.74) is 1.01. The molecular weight excluding hydrogens is 389 g/mol. The maximum Gasteiger partial charge on any atom is 0.120 e. The average Bonchev–Trinajstić information content (AvgIpc) is 2.44. The minimum absolute atomic E-state index is 0.219. The highest BCUT2D eigenvalue weighted by molar-refractivity contribution is 14.1. The van der Waals surface area contributed by atoms with E-state index in [-0.39, 0.29) is 6.61 Å². The van der Waals surface area contributed by atoms with Crippen molar-refractivity contribution >= 4 is 39.9 Å². The molecule has 2 aromatic carbocycles. The number of benzene rings is 2. The lowest BCUT2D eigenvalue weighted by Crippen LogP contribution is -2.26. The van der Waals surface area contributed by atoms with Crippen molar-refractivity contribution in [3.05, 3.63) is 57.1 Å². The summed E-state index contributed by atoms with van der Waals surface area (Å²) in [6.45, 7) is 0.650. The Morgan fingerprint density at radius 1 is 1.20 bits per heavy atom. The molecule has 0 radical (unpaired) electrons. The van der Waals surface area contributed by atoms with Crippen LogP contribution in [0.25, 0.3) is 0 Å². The van der Waals surface area contributed by atoms with E-state index in [9.17, 15) is 5.11 Å². The van der Waals surface area contributed by atoms with Gasteiger partial charge >= 0.3 is 0 Å². The molecule has 0 amide bonds. The van der Waals surface area contributed by atoms with Crippen LogP contribution in [0.5, 0.6) is 5.75 Å². The average molecular weight is 404 g/mol. The second kappa shape index (κ2) is 7.71. The first kappa shape index (κ1) is 15.4. The summed E-state index contributed by atoms with van der Waals surface area (Å²) in [5, 5.41) is 13.7. The molecular formula is C15H15ClINO2. The van der Waals surface area contributed by atoms with Crippen LogP contribution in [0, 0.1) is 3.57 Å². The van der Waals surface area contributed by atoms with Crippen LogP contribution in [-0.2, 0) is 0 Å². The quantitative estimate of drug-likeness (QED) is 0.721. The van der Waals surface area contributed by atoms with E-state index < -0.39 is 6.10 Å². The standard InChI is InChI=1S/C15H15ClINO2/c16-11-4-3-5-13(8-11)20-10-12(19)9-18-15-7-2-1-6-14(15)17/h1-8,12,18-19H,9-10H2. The number of hydrogen-bond acceptors (Lipinski definition) is 3. The van der Waals surface area contributed by atoms with Gasteiger partial charge in [-0.05, 0) is 52.9 Å². The van der Waals surface area contributed by atoms with Crippen molar-refractivity contribution in [2.75, 3.05) is 18.5 Å². The lowest BCUT2D eigenvalue weighted by atomic mass is 10.3. The van der Waals surface area contributed by atoms with Gasteiger partial charge in [-0.3, -0.25) is 0 Å². The predicted molar refractivity (Wildman–Crippen MR) is 90.6 cm³/mol. The number of ether oxygens (including phenoxy) is 1. The van der Waals surface area contributed by atoms with Gasteiger partial charge in [-0.15, -0.1) is 0 Å². The van der Waals surface area contributed by atoms with Gasteiger partial charge in [0.1, 0.15) is 18.5 Å². The van der Waals surface area contributed by atoms with Crippen LogP contribution in [-0.4, -0.2) is 24.4 Å². The van der Waals surface area contributed by atoms with Crippen molar-refractivity contribution in [2.45, 2.75) is 6.10 Å². The summed E-state index contributed by atoms with van der Waals surface area (Å²) >= 11 is 8.11. The number of rotatable bonds is 6. The Balaban J connectivity index is 1.78. The Kier molecular flexibility index (Phi) is 5.94. The van der Waals surface area contributed by atoms with Gasteiger partial charge in [-0.2, -0.15) is 0 Å². The molecule has 2 rings (SSSR count). The van der Waals surface area contributed by atoms with Crippen LogP contribution in [0.1, 0.15) is 0 Å². The van der Waals surface area contributed by atoms with Gasteiger partial charge in [-0.1, -0.05) is 29.8 Å². The number of halogens is 2. The van der Waals surface area contributed by atoms with E-state index in [2.05, 4.69) is 27.9 Å². The molecule has 0 spiro atoms. The zero-order valence-electron chi connectivity index (χ0n) is 10.7. The molecule has 2 aromatic rings. The van der Waals surface area contributed by atoms with E-state index in [4.69, 9.17) is 16.3 Å². The zero-order chi connectivity index (χ0) is 14.4. The Morgan fingerprint density at radius 3 is 2.75 bits per heavy atom. The van der Waals surface area contributed by atoms with Gasteiger partial charge in [0.2, 0.25) is 0 Å². The van der Waals surface area contributed by atoms with E-state index in [0.29, 0.717) is 17.3 Å². The number of aliphatic hydroxyl groups is 1. The topological polar surface area (TPSA) is 41.5 Å². The molecule has 0 aliphatic rings. The molecule has 0 bridgehead atoms. The lowest BCUT2D eigenvalue weighted by molar-refractivity contribution is 0.117. The third-order valence-electron chi connectivity index (χ3n) is 2.64. The van der Waals surface area contributed by atoms with Crippen molar-refractivity contribution in [3.63, 3.8) is 0 Å². The van der Waals surface area contributed by atoms with Crippen LogP contribution in [0.3, 0.4) is 0 Å². The Hall–Kier alpha value is -0.980. The van der Waals surface area contributed by atoms with Crippen LogP contribution >= 0.6 is 34.2 Å². The first-order chi connectivity index (χ1) is 9.65. The second-order valence-electron chi connectivity index (χ2n) is 4.28. The van der Waals surface area contributed by atoms with Crippen molar-refractivity contribution in [2.24, 2.45) is 0 Å². The van der Waals surface area contributed by atoms with Gasteiger partial charge in [-0.25, -0.2) is 0 Å². The van der Waals surface area contributed by atoms with E-state index >= 15 is 0 Å². The van der Waals surface area contributed by atoms with Crippen LogP contribution in [0.4, 0.5) is 5.69 Å². The van der Waals surface area contributed by atoms with Gasteiger partial charge in [0.05, 0.1) is 0 Å². The van der Waals surface area contributed by atoms with Gasteiger partial charge in [0, 0.05) is 20.8 Å². The second-order valence-corrected chi connectivity index (χ2v) is 5.88. The molecule has 0 heterocycles. The van der Waals surface area contributed by atoms with Crippen LogP contribution in [0.15, 0.2) is 48.5 Å². The van der Waals surface area contributed by atoms with Gasteiger partial charge in [0.25, 0.3) is 0 Å². The van der Waals surface area contributed by atoms with E-state index in [1.165, 1.54) is 0 Å². The molecule has 0 aliphatic carbocycles. The van der Waals surface area contributed by atoms with Crippen molar-refractivity contribution in [3.8, 4) is 5.75 Å². The summed E-state index contributed by atoms with van der Waals surface area (Å²) < 4.78 is 6.61. The molecule has 0 aromatic heterocycles. The number of aliphatic hydroxyl groups excluding tert-OH is 1. The molecule has 2 N–H and O–H groups in total. The van der Waals surface area contributed by atoms with Crippen LogP contribution in [0.2, 0.25) is 5.02 Å². The normalized spacial score (nSPS) is 11.9. The summed E-state index contributed by atoms with van der Waals surface area (Å²) in [7, 11) is 0. The lowest BCUT2D eigenvalue weighted by Gasteiger charge is -2.15. The summed E-state index contributed by atoms with van der Waals surface area (Å²) in [4.78, 5) is 0. The molecule has 1 unspecified atom stereocenters. The third-order valence-corrected chi connectivity index (χ3v) is 3.82. The fourth-order valence-corrected chi connectivity index (χ4v) is 2.40. The summed E-state index contributed by atoms with van der Waals surface area (Å²) in [5.74, 6) is 0.658.